The van der Waals surface area contributed by atoms with Gasteiger partial charge in [-0.3, -0.25) is 4.79 Å². The number of rotatable bonds is 4. The first-order chi connectivity index (χ1) is 11.7. The number of anilines is 1. The van der Waals surface area contributed by atoms with Crippen LogP contribution in [0.2, 0.25) is 0 Å². The summed E-state index contributed by atoms with van der Waals surface area (Å²) in [5, 5.41) is 2.89. The Morgan fingerprint density at radius 2 is 1.71 bits per heavy atom. The topological polar surface area (TPSA) is 32.3 Å². The van der Waals surface area contributed by atoms with Gasteiger partial charge in [-0.2, -0.15) is 0 Å². The number of hydrogen-bond donors (Lipinski definition) is 1. The molecule has 124 valence electrons. The predicted octanol–water partition coefficient (Wildman–Crippen LogP) is 4.55. The van der Waals surface area contributed by atoms with Crippen LogP contribution in [0.15, 0.2) is 54.6 Å². The molecule has 2 aromatic carbocycles. The minimum atomic E-state index is -0.0898. The lowest BCUT2D eigenvalue weighted by Crippen LogP contribution is -2.23. The number of carbonyl (C=O) groups excluding carboxylic acids is 1. The molecule has 5 heteroatoms. The molecule has 1 amide bonds. The van der Waals surface area contributed by atoms with E-state index < -0.39 is 0 Å². The molecule has 3 nitrogen and oxygen atoms in total. The molecule has 0 bridgehead atoms. The van der Waals surface area contributed by atoms with Gasteiger partial charge in [0.1, 0.15) is 4.32 Å². The summed E-state index contributed by atoms with van der Waals surface area (Å²) in [6.07, 6.45) is 2.48. The Morgan fingerprint density at radius 3 is 2.38 bits per heavy atom. The van der Waals surface area contributed by atoms with E-state index in [4.69, 9.17) is 12.2 Å². The molecule has 1 aliphatic rings. The summed E-state index contributed by atoms with van der Waals surface area (Å²) < 4.78 is 0.985. The summed E-state index contributed by atoms with van der Waals surface area (Å²) >= 11 is 7.18. The number of nitrogens with zero attached hydrogens (tertiary/aromatic N) is 1. The van der Waals surface area contributed by atoms with E-state index >= 15 is 0 Å². The van der Waals surface area contributed by atoms with Crippen molar-refractivity contribution < 1.29 is 4.79 Å². The molecule has 0 radical (unpaired) electrons. The summed E-state index contributed by atoms with van der Waals surface area (Å²) in [6, 6.07) is 17.2. The molecule has 0 atom stereocenters. The lowest BCUT2D eigenvalue weighted by molar-refractivity contribution is 0.102. The molecule has 0 aliphatic carbocycles. The van der Waals surface area contributed by atoms with E-state index in [0.29, 0.717) is 5.56 Å². The number of benzene rings is 2. The van der Waals surface area contributed by atoms with Gasteiger partial charge in [0.2, 0.25) is 0 Å². The van der Waals surface area contributed by atoms with Crippen molar-refractivity contribution in [2.24, 2.45) is 0 Å². The third kappa shape index (κ3) is 4.58. The third-order valence-corrected chi connectivity index (χ3v) is 5.57. The Hall–Kier alpha value is -1.85. The van der Waals surface area contributed by atoms with Crippen LogP contribution in [0.1, 0.15) is 28.8 Å². The molecule has 1 heterocycles. The van der Waals surface area contributed by atoms with E-state index in [1.807, 2.05) is 54.6 Å². The van der Waals surface area contributed by atoms with Crippen LogP contribution in [0, 0.1) is 0 Å². The maximum absolute atomic E-state index is 12.2. The first kappa shape index (κ1) is 17.0. The first-order valence-electron chi connectivity index (χ1n) is 8.09. The minimum Gasteiger partial charge on any atom is -0.358 e. The van der Waals surface area contributed by atoms with Crippen LogP contribution in [0.25, 0.3) is 0 Å². The standard InChI is InChI=1S/C19H20N2OS2/c22-18(20-17-6-2-1-3-7-17)16-10-8-15(9-11-16)14-24-19(23)21-12-4-5-13-21/h1-3,6-11H,4-5,12-14H2,(H,20,22). The van der Waals surface area contributed by atoms with Crippen molar-refractivity contribution in [3.05, 3.63) is 65.7 Å². The molecular weight excluding hydrogens is 336 g/mol. The zero-order chi connectivity index (χ0) is 16.8. The number of para-hydroxylation sites is 1. The molecule has 24 heavy (non-hydrogen) atoms. The van der Waals surface area contributed by atoms with Crippen molar-refractivity contribution in [1.29, 1.82) is 0 Å². The van der Waals surface area contributed by atoms with E-state index in [0.717, 1.165) is 28.9 Å². The van der Waals surface area contributed by atoms with Crippen LogP contribution in [-0.2, 0) is 5.75 Å². The van der Waals surface area contributed by atoms with Crippen molar-refractivity contribution >= 4 is 39.9 Å². The van der Waals surface area contributed by atoms with Crippen LogP contribution in [0.3, 0.4) is 0 Å². The number of likely N-dealkylation sites (tertiary alicyclic amines) is 1. The average Bonchev–Trinajstić information content (AvgIpc) is 3.16. The van der Waals surface area contributed by atoms with Crippen LogP contribution in [0.4, 0.5) is 5.69 Å². The van der Waals surface area contributed by atoms with Gasteiger partial charge >= 0.3 is 0 Å². The Balaban J connectivity index is 1.53. The zero-order valence-electron chi connectivity index (χ0n) is 13.4. The largest absolute Gasteiger partial charge is 0.358 e. The van der Waals surface area contributed by atoms with Crippen LogP contribution >= 0.6 is 24.0 Å². The van der Waals surface area contributed by atoms with Crippen molar-refractivity contribution in [2.45, 2.75) is 18.6 Å². The molecule has 0 unspecified atom stereocenters. The molecule has 1 aliphatic heterocycles. The Labute approximate surface area is 152 Å². The fourth-order valence-corrected chi connectivity index (χ4v) is 3.82. The number of thiocarbonyl (C=S) groups is 1. The second-order valence-electron chi connectivity index (χ2n) is 5.77. The molecule has 0 aromatic heterocycles. The number of amides is 1. The highest BCUT2D eigenvalue weighted by Crippen LogP contribution is 2.20. The highest BCUT2D eigenvalue weighted by atomic mass is 32.2. The second-order valence-corrected chi connectivity index (χ2v) is 7.37. The maximum Gasteiger partial charge on any atom is 0.255 e. The van der Waals surface area contributed by atoms with Gasteiger partial charge in [0.25, 0.3) is 5.91 Å². The molecule has 1 saturated heterocycles. The highest BCUT2D eigenvalue weighted by molar-refractivity contribution is 8.22. The average molecular weight is 357 g/mol. The van der Waals surface area contributed by atoms with E-state index in [1.165, 1.54) is 18.4 Å². The van der Waals surface area contributed by atoms with Crippen LogP contribution < -0.4 is 5.32 Å². The van der Waals surface area contributed by atoms with Gasteiger partial charge in [0.05, 0.1) is 0 Å². The summed E-state index contributed by atoms with van der Waals surface area (Å²) in [4.78, 5) is 14.5. The second kappa shape index (κ2) is 8.31. The summed E-state index contributed by atoms with van der Waals surface area (Å²) in [5.41, 5.74) is 2.64. The fraction of sp³-hybridized carbons (Fsp3) is 0.263. The lowest BCUT2D eigenvalue weighted by Gasteiger charge is -2.17. The van der Waals surface area contributed by atoms with Gasteiger partial charge in [-0.25, -0.2) is 0 Å². The smallest absolute Gasteiger partial charge is 0.255 e. The molecule has 3 rings (SSSR count). The normalized spacial score (nSPS) is 13.8. The van der Waals surface area contributed by atoms with E-state index in [-0.39, 0.29) is 5.91 Å². The van der Waals surface area contributed by atoms with Crippen LogP contribution in [-0.4, -0.2) is 28.2 Å². The Morgan fingerprint density at radius 1 is 1.04 bits per heavy atom. The summed E-state index contributed by atoms with van der Waals surface area (Å²) in [5.74, 6) is 0.753. The van der Waals surface area contributed by atoms with Gasteiger partial charge in [0.15, 0.2) is 0 Å². The van der Waals surface area contributed by atoms with Crippen molar-refractivity contribution in [3.63, 3.8) is 0 Å². The quantitative estimate of drug-likeness (QED) is 0.815. The SMILES string of the molecule is O=C(Nc1ccccc1)c1ccc(CSC(=S)N2CCCC2)cc1. The molecule has 0 saturated carbocycles. The molecule has 1 fully saturated rings. The van der Waals surface area contributed by atoms with Crippen molar-refractivity contribution in [2.75, 3.05) is 18.4 Å². The Kier molecular flexibility index (Phi) is 5.88. The maximum atomic E-state index is 12.2. The van der Waals surface area contributed by atoms with E-state index in [9.17, 15) is 4.79 Å². The van der Waals surface area contributed by atoms with Crippen LogP contribution in [0.5, 0.6) is 0 Å². The number of thioether (sulfide) groups is 1. The monoisotopic (exact) mass is 356 g/mol. The van der Waals surface area contributed by atoms with Crippen molar-refractivity contribution in [1.82, 2.24) is 4.90 Å². The van der Waals surface area contributed by atoms with Gasteiger partial charge in [-0.15, -0.1) is 0 Å². The molecular formula is C19H20N2OS2. The Bertz CT molecular complexity index is 695. The zero-order valence-corrected chi connectivity index (χ0v) is 15.0. The minimum absolute atomic E-state index is 0.0898. The van der Waals surface area contributed by atoms with E-state index in [2.05, 4.69) is 10.2 Å². The molecule has 1 N–H and O–H groups in total. The summed E-state index contributed by atoms with van der Waals surface area (Å²) in [7, 11) is 0. The predicted molar refractivity (Wildman–Crippen MR) is 106 cm³/mol. The highest BCUT2D eigenvalue weighted by Gasteiger charge is 2.15. The van der Waals surface area contributed by atoms with Gasteiger partial charge in [-0.1, -0.05) is 54.3 Å². The summed E-state index contributed by atoms with van der Waals surface area (Å²) in [6.45, 7) is 2.18. The van der Waals surface area contributed by atoms with Gasteiger partial charge in [-0.05, 0) is 42.7 Å². The number of nitrogens with one attached hydrogen (secondary N) is 1. The molecule has 0 spiro atoms. The first-order valence-corrected chi connectivity index (χ1v) is 9.49. The number of hydrogen-bond acceptors (Lipinski definition) is 3. The lowest BCUT2D eigenvalue weighted by atomic mass is 10.1. The fourth-order valence-electron chi connectivity index (χ4n) is 2.61. The number of carbonyl (C=O) groups is 1. The van der Waals surface area contributed by atoms with Crippen molar-refractivity contribution in [3.8, 4) is 0 Å². The van der Waals surface area contributed by atoms with Gasteiger partial charge in [0, 0.05) is 30.1 Å². The van der Waals surface area contributed by atoms with Gasteiger partial charge < -0.3 is 10.2 Å². The molecule has 2 aromatic rings. The third-order valence-electron chi connectivity index (χ3n) is 3.97. The van der Waals surface area contributed by atoms with E-state index in [1.54, 1.807) is 11.8 Å².